The Labute approximate surface area is 118 Å². The zero-order chi connectivity index (χ0) is 14.4. The second kappa shape index (κ2) is 6.73. The average Bonchev–Trinajstić information content (AvgIpc) is 2.95. The molecule has 0 saturated heterocycles. The van der Waals surface area contributed by atoms with Crippen LogP contribution in [0.1, 0.15) is 29.7 Å². The molecule has 0 aliphatic heterocycles. The standard InChI is InChI=1S/C15H17N3O2/c1-3-13-9-18-15(20-13)10-17-8-11-4-5-14(19-2)12(6-11)7-16/h4-6,9,17H,3,8,10H2,1-2H3. The molecule has 0 bridgehead atoms. The van der Waals surface area contributed by atoms with Crippen molar-refractivity contribution in [2.75, 3.05) is 7.11 Å². The lowest BCUT2D eigenvalue weighted by Gasteiger charge is -2.06. The summed E-state index contributed by atoms with van der Waals surface area (Å²) in [6, 6.07) is 7.67. The van der Waals surface area contributed by atoms with Crippen LogP contribution >= 0.6 is 0 Å². The van der Waals surface area contributed by atoms with E-state index in [9.17, 15) is 0 Å². The molecule has 5 nitrogen and oxygen atoms in total. The molecule has 2 rings (SSSR count). The molecule has 0 aliphatic rings. The summed E-state index contributed by atoms with van der Waals surface area (Å²) in [6.07, 6.45) is 2.59. The van der Waals surface area contributed by atoms with Gasteiger partial charge in [0, 0.05) is 13.0 Å². The lowest BCUT2D eigenvalue weighted by Crippen LogP contribution is -2.13. The van der Waals surface area contributed by atoms with Crippen LogP contribution in [0.5, 0.6) is 5.75 Å². The van der Waals surface area contributed by atoms with Crippen LogP contribution in [0.3, 0.4) is 0 Å². The number of methoxy groups -OCH3 is 1. The van der Waals surface area contributed by atoms with Gasteiger partial charge in [0.25, 0.3) is 0 Å². The van der Waals surface area contributed by atoms with E-state index in [1.807, 2.05) is 19.1 Å². The summed E-state index contributed by atoms with van der Waals surface area (Å²) in [7, 11) is 1.56. The molecular formula is C15H17N3O2. The molecule has 0 atom stereocenters. The Balaban J connectivity index is 1.92. The van der Waals surface area contributed by atoms with Crippen molar-refractivity contribution in [2.45, 2.75) is 26.4 Å². The third-order valence-corrected chi connectivity index (χ3v) is 2.94. The predicted octanol–water partition coefficient (Wildman–Crippen LogP) is 2.41. The molecule has 5 heteroatoms. The van der Waals surface area contributed by atoms with Crippen molar-refractivity contribution in [2.24, 2.45) is 0 Å². The number of aromatic nitrogens is 1. The second-order valence-electron chi connectivity index (χ2n) is 4.32. The number of rotatable bonds is 6. The number of ether oxygens (including phenoxy) is 1. The van der Waals surface area contributed by atoms with Crippen LogP contribution in [-0.2, 0) is 19.5 Å². The molecule has 1 aromatic heterocycles. The van der Waals surface area contributed by atoms with Crippen LogP contribution in [0, 0.1) is 11.3 Å². The Kier molecular flexibility index (Phi) is 4.75. The highest BCUT2D eigenvalue weighted by atomic mass is 16.5. The number of nitrogens with one attached hydrogen (secondary N) is 1. The first-order chi connectivity index (χ1) is 9.76. The molecular weight excluding hydrogens is 254 g/mol. The molecule has 0 unspecified atom stereocenters. The predicted molar refractivity (Wildman–Crippen MR) is 74.1 cm³/mol. The third kappa shape index (κ3) is 3.37. The minimum Gasteiger partial charge on any atom is -0.495 e. The molecule has 1 aromatic carbocycles. The Morgan fingerprint density at radius 1 is 1.40 bits per heavy atom. The first kappa shape index (κ1) is 14.1. The molecule has 0 saturated carbocycles. The topological polar surface area (TPSA) is 71.1 Å². The van der Waals surface area contributed by atoms with E-state index in [-0.39, 0.29) is 0 Å². The Morgan fingerprint density at radius 2 is 2.25 bits per heavy atom. The highest BCUT2D eigenvalue weighted by molar-refractivity contribution is 5.45. The summed E-state index contributed by atoms with van der Waals surface area (Å²) in [6.45, 7) is 3.23. The van der Waals surface area contributed by atoms with Gasteiger partial charge in [0.2, 0.25) is 5.89 Å². The van der Waals surface area contributed by atoms with E-state index < -0.39 is 0 Å². The zero-order valence-electron chi connectivity index (χ0n) is 11.6. The fraction of sp³-hybridized carbons (Fsp3) is 0.333. The number of oxazole rings is 1. The summed E-state index contributed by atoms with van der Waals surface area (Å²) < 4.78 is 10.6. The van der Waals surface area contributed by atoms with Crippen molar-refractivity contribution in [1.29, 1.82) is 5.26 Å². The second-order valence-corrected chi connectivity index (χ2v) is 4.32. The highest BCUT2D eigenvalue weighted by Gasteiger charge is 2.05. The van der Waals surface area contributed by atoms with Gasteiger partial charge in [-0.25, -0.2) is 4.98 Å². The fourth-order valence-corrected chi connectivity index (χ4v) is 1.86. The van der Waals surface area contributed by atoms with Crippen molar-refractivity contribution < 1.29 is 9.15 Å². The number of benzene rings is 1. The molecule has 20 heavy (non-hydrogen) atoms. The molecule has 2 aromatic rings. The number of hydrogen-bond donors (Lipinski definition) is 1. The van der Waals surface area contributed by atoms with Crippen LogP contribution < -0.4 is 10.1 Å². The van der Waals surface area contributed by atoms with Crippen LogP contribution in [0.4, 0.5) is 0 Å². The number of nitrogens with zero attached hydrogens (tertiary/aromatic N) is 2. The normalized spacial score (nSPS) is 10.2. The third-order valence-electron chi connectivity index (χ3n) is 2.94. The van der Waals surface area contributed by atoms with Gasteiger partial charge in [-0.1, -0.05) is 13.0 Å². The van der Waals surface area contributed by atoms with Gasteiger partial charge in [-0.2, -0.15) is 5.26 Å². The van der Waals surface area contributed by atoms with E-state index in [1.165, 1.54) is 0 Å². The first-order valence-electron chi connectivity index (χ1n) is 6.48. The van der Waals surface area contributed by atoms with Crippen LogP contribution in [0.15, 0.2) is 28.8 Å². The first-order valence-corrected chi connectivity index (χ1v) is 6.48. The number of aryl methyl sites for hydroxylation is 1. The summed E-state index contributed by atoms with van der Waals surface area (Å²) in [5, 5.41) is 12.3. The number of hydrogen-bond acceptors (Lipinski definition) is 5. The maximum absolute atomic E-state index is 9.03. The molecule has 0 aliphatic carbocycles. The van der Waals surface area contributed by atoms with E-state index in [1.54, 1.807) is 19.4 Å². The minimum absolute atomic E-state index is 0.538. The van der Waals surface area contributed by atoms with Gasteiger partial charge < -0.3 is 14.5 Å². The molecule has 0 amide bonds. The van der Waals surface area contributed by atoms with Gasteiger partial charge in [-0.15, -0.1) is 0 Å². The SMILES string of the molecule is CCc1cnc(CNCc2ccc(OC)c(C#N)c2)o1. The Morgan fingerprint density at radius 3 is 2.90 bits per heavy atom. The largest absolute Gasteiger partial charge is 0.495 e. The van der Waals surface area contributed by atoms with Crippen molar-refractivity contribution >= 4 is 0 Å². The van der Waals surface area contributed by atoms with Gasteiger partial charge in [-0.3, -0.25) is 0 Å². The molecule has 1 N–H and O–H groups in total. The lowest BCUT2D eigenvalue weighted by molar-refractivity contribution is 0.413. The van der Waals surface area contributed by atoms with Crippen molar-refractivity contribution in [1.82, 2.24) is 10.3 Å². The molecule has 0 radical (unpaired) electrons. The van der Waals surface area contributed by atoms with Crippen LogP contribution in [-0.4, -0.2) is 12.1 Å². The fourth-order valence-electron chi connectivity index (χ4n) is 1.86. The minimum atomic E-state index is 0.538. The van der Waals surface area contributed by atoms with Gasteiger partial charge in [0.15, 0.2) is 0 Å². The van der Waals surface area contributed by atoms with Gasteiger partial charge >= 0.3 is 0 Å². The van der Waals surface area contributed by atoms with Gasteiger partial charge in [-0.05, 0) is 17.7 Å². The van der Waals surface area contributed by atoms with Crippen molar-refractivity contribution in [3.8, 4) is 11.8 Å². The maximum atomic E-state index is 9.03. The zero-order valence-corrected chi connectivity index (χ0v) is 11.6. The van der Waals surface area contributed by atoms with E-state index in [2.05, 4.69) is 16.4 Å². The molecule has 104 valence electrons. The van der Waals surface area contributed by atoms with Crippen LogP contribution in [0.2, 0.25) is 0 Å². The van der Waals surface area contributed by atoms with Gasteiger partial charge in [0.05, 0.1) is 25.4 Å². The summed E-state index contributed by atoms with van der Waals surface area (Å²) in [4.78, 5) is 4.18. The molecule has 1 heterocycles. The van der Waals surface area contributed by atoms with E-state index in [4.69, 9.17) is 14.4 Å². The van der Waals surface area contributed by atoms with Gasteiger partial charge in [0.1, 0.15) is 17.6 Å². The summed E-state index contributed by atoms with van der Waals surface area (Å²) in [5.41, 5.74) is 1.56. The lowest BCUT2D eigenvalue weighted by atomic mass is 10.1. The Bertz CT molecular complexity index is 614. The Hall–Kier alpha value is -2.32. The van der Waals surface area contributed by atoms with Crippen molar-refractivity contribution in [3.63, 3.8) is 0 Å². The van der Waals surface area contributed by atoms with E-state index in [0.717, 1.165) is 17.7 Å². The van der Waals surface area contributed by atoms with Crippen LogP contribution in [0.25, 0.3) is 0 Å². The molecule has 0 fully saturated rings. The van der Waals surface area contributed by atoms with E-state index in [0.29, 0.717) is 30.3 Å². The van der Waals surface area contributed by atoms with Crippen molar-refractivity contribution in [3.05, 3.63) is 47.2 Å². The van der Waals surface area contributed by atoms with E-state index >= 15 is 0 Å². The summed E-state index contributed by atoms with van der Waals surface area (Å²) in [5.74, 6) is 2.16. The number of nitriles is 1. The molecule has 0 spiro atoms. The smallest absolute Gasteiger partial charge is 0.208 e. The summed E-state index contributed by atoms with van der Waals surface area (Å²) >= 11 is 0. The highest BCUT2D eigenvalue weighted by Crippen LogP contribution is 2.18. The maximum Gasteiger partial charge on any atom is 0.208 e. The quantitative estimate of drug-likeness (QED) is 0.873. The monoisotopic (exact) mass is 271 g/mol. The average molecular weight is 271 g/mol.